The van der Waals surface area contributed by atoms with Crippen LogP contribution in [0.2, 0.25) is 46.3 Å². The van der Waals surface area contributed by atoms with Gasteiger partial charge in [-0.05, 0) is 135 Å². The highest BCUT2D eigenvalue weighted by atomic mass is 35.5. The summed E-state index contributed by atoms with van der Waals surface area (Å²) in [6, 6.07) is 13.2. The van der Waals surface area contributed by atoms with Gasteiger partial charge in [0.05, 0.1) is 15.9 Å². The van der Waals surface area contributed by atoms with Crippen LogP contribution in [-0.2, 0) is 42.8 Å². The van der Waals surface area contributed by atoms with Crippen LogP contribution in [0.15, 0.2) is 82.6 Å². The van der Waals surface area contributed by atoms with Crippen molar-refractivity contribution < 1.29 is 61.9 Å². The summed E-state index contributed by atoms with van der Waals surface area (Å²) >= 11 is 11.9. The Hall–Kier alpha value is -3.08. The molecule has 0 unspecified atom stereocenters. The number of ketones is 1. The van der Waals surface area contributed by atoms with Crippen molar-refractivity contribution in [1.29, 1.82) is 0 Å². The first kappa shape index (κ1) is 57.8. The first-order chi connectivity index (χ1) is 32.1. The summed E-state index contributed by atoms with van der Waals surface area (Å²) in [5.74, 6) is -10.6. The number of hydrogen-bond donors (Lipinski definition) is 1. The third kappa shape index (κ3) is 11.1. The van der Waals surface area contributed by atoms with Crippen molar-refractivity contribution in [2.75, 3.05) is 13.2 Å². The number of carbonyl (C=O) groups is 1. The Kier molecular flexibility index (Phi) is 17.4. The maximum absolute atomic E-state index is 15.3. The Labute approximate surface area is 420 Å². The fraction of sp³-hybridized carbons (Fsp3) is 0.500. The second-order valence-corrected chi connectivity index (χ2v) is 36.2. The van der Waals surface area contributed by atoms with E-state index in [1.54, 1.807) is 0 Å². The number of sulfone groups is 2. The highest BCUT2D eigenvalue weighted by Gasteiger charge is 2.60. The van der Waals surface area contributed by atoms with Gasteiger partial charge in [-0.25, -0.2) is 43.2 Å². The molecule has 0 saturated heterocycles. The summed E-state index contributed by atoms with van der Waals surface area (Å²) < 4.78 is 155. The van der Waals surface area contributed by atoms with Crippen molar-refractivity contribution in [3.8, 4) is 0 Å². The SMILES string of the molecule is CC(C)(C)[Si](C)(C)OC[C@@H]1CC(=O)CC[C@@]1(c1c(F)ccc(F)c1F)S(=O)(=O)c1ccc(Cl)cc1.CC(C)(C)[Si](C)(C)OC[C@@H]1C[C@@H](O)CC[C@]1(c1c(F)ccc(F)c1F)S(=O)(=O)c1ccc(Cl)cc1. The zero-order chi connectivity index (χ0) is 52.8. The molecule has 4 aromatic rings. The molecule has 0 amide bonds. The quantitative estimate of drug-likeness (QED) is 0.0845. The van der Waals surface area contributed by atoms with Crippen molar-refractivity contribution in [2.24, 2.45) is 11.8 Å². The van der Waals surface area contributed by atoms with Crippen LogP contribution in [0, 0.1) is 46.7 Å². The molecule has 0 aliphatic heterocycles. The predicted molar refractivity (Wildman–Crippen MR) is 265 cm³/mol. The van der Waals surface area contributed by atoms with E-state index < -0.39 is 116 Å². The van der Waals surface area contributed by atoms with Gasteiger partial charge < -0.3 is 14.0 Å². The Morgan fingerprint density at radius 2 is 0.957 bits per heavy atom. The fourth-order valence-electron chi connectivity index (χ4n) is 8.85. The smallest absolute Gasteiger partial charge is 0.191 e. The lowest BCUT2D eigenvalue weighted by atomic mass is 9.73. The summed E-state index contributed by atoms with van der Waals surface area (Å²) in [5.41, 5.74) is -1.73. The van der Waals surface area contributed by atoms with Crippen molar-refractivity contribution in [3.63, 3.8) is 0 Å². The number of Topliss-reactive ketones (excluding diaryl/α,β-unsaturated/α-hetero) is 1. The third-order valence-corrected chi connectivity index (χ3v) is 29.7. The number of hydrogen-bond acceptors (Lipinski definition) is 8. The minimum atomic E-state index is -4.55. The molecule has 0 radical (unpaired) electrons. The number of benzene rings is 4. The maximum Gasteiger partial charge on any atom is 0.191 e. The highest BCUT2D eigenvalue weighted by molar-refractivity contribution is 7.92. The third-order valence-electron chi connectivity index (χ3n) is 15.0. The van der Waals surface area contributed by atoms with E-state index in [1.165, 1.54) is 48.5 Å². The number of aliphatic hydroxyl groups is 1. The molecule has 0 aromatic heterocycles. The Morgan fingerprint density at radius 3 is 1.34 bits per heavy atom. The summed E-state index contributed by atoms with van der Waals surface area (Å²) in [6.45, 7) is 19.5. The van der Waals surface area contributed by atoms with Crippen LogP contribution in [0.5, 0.6) is 0 Å². The van der Waals surface area contributed by atoms with Gasteiger partial charge >= 0.3 is 0 Å². The molecule has 20 heteroatoms. The van der Waals surface area contributed by atoms with Gasteiger partial charge in [0.1, 0.15) is 26.9 Å². The second kappa shape index (κ2) is 21.0. The zero-order valence-corrected chi connectivity index (χ0v) is 46.1. The normalized spacial score (nSPS) is 22.9. The maximum atomic E-state index is 15.3. The van der Waals surface area contributed by atoms with Crippen LogP contribution >= 0.6 is 23.2 Å². The van der Waals surface area contributed by atoms with Crippen LogP contribution in [0.4, 0.5) is 26.3 Å². The lowest BCUT2D eigenvalue weighted by molar-refractivity contribution is -0.122. The number of carbonyl (C=O) groups excluding carboxylic acids is 1. The molecule has 70 heavy (non-hydrogen) atoms. The summed E-state index contributed by atoms with van der Waals surface area (Å²) in [5, 5.41) is 10.6. The van der Waals surface area contributed by atoms with Gasteiger partial charge in [-0.2, -0.15) is 0 Å². The van der Waals surface area contributed by atoms with Gasteiger partial charge in [0.2, 0.25) is 0 Å². The van der Waals surface area contributed by atoms with Crippen molar-refractivity contribution in [1.82, 2.24) is 0 Å². The molecule has 2 aliphatic rings. The lowest BCUT2D eigenvalue weighted by Crippen LogP contribution is -2.52. The van der Waals surface area contributed by atoms with Gasteiger partial charge in [0.15, 0.2) is 59.6 Å². The minimum Gasteiger partial charge on any atom is -0.416 e. The van der Waals surface area contributed by atoms with Gasteiger partial charge in [-0.1, -0.05) is 64.7 Å². The lowest BCUT2D eigenvalue weighted by Gasteiger charge is -2.47. The van der Waals surface area contributed by atoms with Crippen LogP contribution in [-0.4, -0.2) is 63.7 Å². The van der Waals surface area contributed by atoms with Gasteiger partial charge in [-0.15, -0.1) is 0 Å². The Bertz CT molecular complexity index is 2790. The Balaban J connectivity index is 0.000000261. The van der Waals surface area contributed by atoms with Gasteiger partial charge in [0.25, 0.3) is 0 Å². The summed E-state index contributed by atoms with van der Waals surface area (Å²) in [6.07, 6.45) is -2.19. The molecular weight excluding hydrogens is 1030 g/mol. The number of rotatable bonds is 12. The molecule has 386 valence electrons. The molecule has 6 rings (SSSR count). The first-order valence-corrected chi connectivity index (χ1v) is 32.4. The molecular formula is C50H62Cl2F6O8S2Si2. The van der Waals surface area contributed by atoms with E-state index in [9.17, 15) is 35.5 Å². The molecule has 0 bridgehead atoms. The standard InChI is InChI=1S/C25H32ClF3O4SSi.C25H30ClF3O4SSi/c2*1-24(2,3)35(4,5)33-15-16-14-18(30)12-13-25(16,22-20(27)10-11-21(28)23(22)29)34(31,32)19-8-6-17(26)7-9-19/h6-11,16,18,30H,12-15H2,1-5H3;6-11,16H,12-15H2,1-5H3/t16-,18-,25-;16-,25+/m00/s1. The molecule has 2 aliphatic carbocycles. The van der Waals surface area contributed by atoms with E-state index in [0.29, 0.717) is 12.1 Å². The van der Waals surface area contributed by atoms with E-state index in [4.69, 9.17) is 32.1 Å². The molecule has 8 nitrogen and oxygen atoms in total. The van der Waals surface area contributed by atoms with Crippen molar-refractivity contribution >= 4 is 65.3 Å². The van der Waals surface area contributed by atoms with Crippen LogP contribution < -0.4 is 0 Å². The van der Waals surface area contributed by atoms with Crippen molar-refractivity contribution in [2.45, 2.75) is 142 Å². The molecule has 0 spiro atoms. The molecule has 2 fully saturated rings. The fourth-order valence-corrected chi connectivity index (χ4v) is 15.9. The van der Waals surface area contributed by atoms with E-state index in [0.717, 1.165) is 12.1 Å². The minimum absolute atomic E-state index is 0.0290. The van der Waals surface area contributed by atoms with E-state index in [-0.39, 0.29) is 81.0 Å². The molecule has 0 heterocycles. The molecule has 4 aromatic carbocycles. The molecule has 5 atom stereocenters. The topological polar surface area (TPSA) is 124 Å². The summed E-state index contributed by atoms with van der Waals surface area (Å²) in [7, 11) is -13.9. The van der Waals surface area contributed by atoms with E-state index in [1.807, 2.05) is 67.7 Å². The van der Waals surface area contributed by atoms with E-state index in [2.05, 4.69) is 0 Å². The number of halogens is 8. The molecule has 2 saturated carbocycles. The van der Waals surface area contributed by atoms with Gasteiger partial charge in [-0.3, -0.25) is 4.79 Å². The van der Waals surface area contributed by atoms with Crippen LogP contribution in [0.25, 0.3) is 0 Å². The second-order valence-electron chi connectivity index (χ2n) is 21.3. The summed E-state index contributed by atoms with van der Waals surface area (Å²) in [4.78, 5) is 12.1. The largest absolute Gasteiger partial charge is 0.416 e. The highest BCUT2D eigenvalue weighted by Crippen LogP contribution is 2.55. The van der Waals surface area contributed by atoms with Crippen LogP contribution in [0.3, 0.4) is 0 Å². The zero-order valence-electron chi connectivity index (χ0n) is 41.0. The molecule has 1 N–H and O–H groups in total. The average molecular weight is 1100 g/mol. The van der Waals surface area contributed by atoms with Crippen molar-refractivity contribution in [3.05, 3.63) is 129 Å². The van der Waals surface area contributed by atoms with E-state index >= 15 is 17.6 Å². The predicted octanol–water partition coefficient (Wildman–Crippen LogP) is 13.4. The Morgan fingerprint density at radius 1 is 0.600 bits per heavy atom. The number of aliphatic hydroxyl groups excluding tert-OH is 1. The average Bonchev–Trinajstić information content (AvgIpc) is 3.26. The first-order valence-electron chi connectivity index (χ1n) is 22.8. The monoisotopic (exact) mass is 1090 g/mol. The van der Waals surface area contributed by atoms with Crippen LogP contribution in [0.1, 0.15) is 91.2 Å². The van der Waals surface area contributed by atoms with Gasteiger partial charge in [0, 0.05) is 59.1 Å².